The van der Waals surface area contributed by atoms with Crippen LogP contribution in [0.25, 0.3) is 0 Å². The number of carbonyl (C=O) groups excluding carboxylic acids is 2. The number of ether oxygens (including phenoxy) is 4. The molecular formula is C20H24N6O8S2. The number of hydrogen-bond acceptors (Lipinski definition) is 14. The predicted octanol–water partition coefficient (Wildman–Crippen LogP) is -0.293. The largest absolute Gasteiger partial charge is 0.462 e. The molecule has 4 rings (SSSR count). The molecule has 2 aromatic heterocycles. The van der Waals surface area contributed by atoms with Crippen LogP contribution in [0, 0.1) is 0 Å². The molecular weight excluding hydrogens is 516 g/mol. The van der Waals surface area contributed by atoms with Crippen molar-refractivity contribution in [1.82, 2.24) is 19.1 Å². The van der Waals surface area contributed by atoms with Crippen LogP contribution in [0.15, 0.2) is 34.1 Å². The van der Waals surface area contributed by atoms with Crippen LogP contribution < -0.4 is 22.8 Å². The molecule has 2 aromatic rings. The third kappa shape index (κ3) is 6.77. The average molecular weight is 541 g/mol. The molecule has 2 aliphatic rings. The van der Waals surface area contributed by atoms with Gasteiger partial charge in [0, 0.05) is 23.9 Å². The van der Waals surface area contributed by atoms with E-state index in [1.165, 1.54) is 57.2 Å². The summed E-state index contributed by atoms with van der Waals surface area (Å²) < 4.78 is 24.4. The second-order valence-electron chi connectivity index (χ2n) is 7.66. The van der Waals surface area contributed by atoms with Crippen molar-refractivity contribution in [3.05, 3.63) is 45.5 Å². The summed E-state index contributed by atoms with van der Waals surface area (Å²) in [6.45, 7) is -0.0565. The monoisotopic (exact) mass is 540 g/mol. The van der Waals surface area contributed by atoms with Crippen molar-refractivity contribution in [3.8, 4) is 0 Å². The molecule has 0 aliphatic carbocycles. The third-order valence-corrected chi connectivity index (χ3v) is 7.28. The maximum absolute atomic E-state index is 12.0. The zero-order chi connectivity index (χ0) is 25.7. The Labute approximate surface area is 212 Å². The number of anilines is 2. The highest BCUT2D eigenvalue weighted by molar-refractivity contribution is 8.00. The van der Waals surface area contributed by atoms with E-state index in [-0.39, 0.29) is 37.7 Å². The molecule has 0 spiro atoms. The molecule has 16 heteroatoms. The standard InChI is InChI=1S/C20H24N6O8S2/c21-11-3-5-25(19(29)23-11)13-9-35-17(33-13)7-31-15(27)1-2-16(28)32-8-18-34-14(10-36-18)26-6-4-12(22)24-20(26)30/h3-6,13-14,17-18H,1-2,7-10H2,(H2,21,23,29)(H2,22,24,30). The number of nitrogen functional groups attached to an aromatic ring is 2. The Kier molecular flexibility index (Phi) is 8.50. The van der Waals surface area contributed by atoms with Gasteiger partial charge in [0.2, 0.25) is 0 Å². The van der Waals surface area contributed by atoms with Gasteiger partial charge >= 0.3 is 23.3 Å². The van der Waals surface area contributed by atoms with E-state index in [0.717, 1.165) is 0 Å². The number of nitrogens with two attached hydrogens (primary N) is 2. The van der Waals surface area contributed by atoms with Gasteiger partial charge in [-0.3, -0.25) is 18.7 Å². The van der Waals surface area contributed by atoms with E-state index in [9.17, 15) is 19.2 Å². The fraction of sp³-hybridized carbons (Fsp3) is 0.500. The first-order valence-corrected chi connectivity index (χ1v) is 12.9. The van der Waals surface area contributed by atoms with Crippen LogP contribution in [-0.4, -0.2) is 66.6 Å². The van der Waals surface area contributed by atoms with E-state index >= 15 is 0 Å². The van der Waals surface area contributed by atoms with Crippen molar-refractivity contribution in [3.63, 3.8) is 0 Å². The zero-order valence-electron chi connectivity index (χ0n) is 18.9. The molecule has 4 unspecified atom stereocenters. The highest BCUT2D eigenvalue weighted by Crippen LogP contribution is 2.32. The van der Waals surface area contributed by atoms with Gasteiger partial charge in [0.1, 0.15) is 48.2 Å². The Balaban J connectivity index is 1.11. The second-order valence-corrected chi connectivity index (χ2v) is 10.0. The lowest BCUT2D eigenvalue weighted by Gasteiger charge is -2.15. The van der Waals surface area contributed by atoms with Crippen molar-refractivity contribution in [2.24, 2.45) is 0 Å². The SMILES string of the molecule is Nc1ccn(C2CSC(COC(=O)CCC(=O)OCC3OC(n4ccc(N)nc4=O)CS3)O2)c(=O)n1. The number of carbonyl (C=O) groups is 2. The summed E-state index contributed by atoms with van der Waals surface area (Å²) >= 11 is 2.78. The molecule has 0 bridgehead atoms. The number of hydrogen-bond donors (Lipinski definition) is 2. The molecule has 36 heavy (non-hydrogen) atoms. The fourth-order valence-corrected chi connectivity index (χ4v) is 5.29. The van der Waals surface area contributed by atoms with E-state index in [0.29, 0.717) is 11.5 Å². The lowest BCUT2D eigenvalue weighted by atomic mass is 10.3. The van der Waals surface area contributed by atoms with Crippen molar-refractivity contribution < 1.29 is 28.5 Å². The number of thioether (sulfide) groups is 2. The quantitative estimate of drug-likeness (QED) is 0.394. The molecule has 4 N–H and O–H groups in total. The lowest BCUT2D eigenvalue weighted by Crippen LogP contribution is -2.29. The molecule has 2 fully saturated rings. The van der Waals surface area contributed by atoms with E-state index < -0.39 is 46.6 Å². The number of aromatic nitrogens is 4. The van der Waals surface area contributed by atoms with E-state index in [2.05, 4.69) is 9.97 Å². The summed E-state index contributed by atoms with van der Waals surface area (Å²) in [5.41, 5.74) is 9.02. The number of rotatable bonds is 9. The summed E-state index contributed by atoms with van der Waals surface area (Å²) in [6, 6.07) is 2.99. The normalized spacial score (nSPS) is 23.4. The fourth-order valence-electron chi connectivity index (χ4n) is 3.31. The topological polar surface area (TPSA) is 193 Å². The molecule has 2 aliphatic heterocycles. The highest BCUT2D eigenvalue weighted by Gasteiger charge is 2.30. The first kappa shape index (κ1) is 26.0. The maximum Gasteiger partial charge on any atom is 0.351 e. The Bertz CT molecular complexity index is 1130. The summed E-state index contributed by atoms with van der Waals surface area (Å²) in [5, 5.41) is 0. The van der Waals surface area contributed by atoms with Gasteiger partial charge < -0.3 is 30.4 Å². The highest BCUT2D eigenvalue weighted by atomic mass is 32.2. The number of esters is 2. The Morgan fingerprint density at radius 2 is 1.28 bits per heavy atom. The van der Waals surface area contributed by atoms with Crippen LogP contribution in [0.2, 0.25) is 0 Å². The zero-order valence-corrected chi connectivity index (χ0v) is 20.5. The first-order chi connectivity index (χ1) is 17.3. The first-order valence-electron chi connectivity index (χ1n) is 10.8. The van der Waals surface area contributed by atoms with Gasteiger partial charge in [0.15, 0.2) is 0 Å². The smallest absolute Gasteiger partial charge is 0.351 e. The van der Waals surface area contributed by atoms with Crippen molar-refractivity contribution in [2.45, 2.75) is 36.2 Å². The molecule has 0 radical (unpaired) electrons. The Hall–Kier alpha value is -3.08. The minimum absolute atomic E-state index is 0.0283. The molecule has 194 valence electrons. The van der Waals surface area contributed by atoms with Crippen molar-refractivity contribution >= 4 is 47.1 Å². The summed E-state index contributed by atoms with van der Waals surface area (Å²) in [4.78, 5) is 55.2. The Morgan fingerprint density at radius 3 is 1.67 bits per heavy atom. The van der Waals surface area contributed by atoms with Crippen LogP contribution >= 0.6 is 23.5 Å². The van der Waals surface area contributed by atoms with E-state index in [1.54, 1.807) is 0 Å². The Morgan fingerprint density at radius 1 is 0.861 bits per heavy atom. The van der Waals surface area contributed by atoms with Crippen LogP contribution in [0.3, 0.4) is 0 Å². The minimum atomic E-state index is -0.576. The van der Waals surface area contributed by atoms with Gasteiger partial charge in [0.05, 0.1) is 12.8 Å². The van der Waals surface area contributed by atoms with Crippen molar-refractivity contribution in [2.75, 3.05) is 36.2 Å². The van der Waals surface area contributed by atoms with Gasteiger partial charge in [-0.05, 0) is 12.1 Å². The van der Waals surface area contributed by atoms with E-state index in [1.807, 2.05) is 0 Å². The van der Waals surface area contributed by atoms with Crippen LogP contribution in [0.5, 0.6) is 0 Å². The third-order valence-electron chi connectivity index (χ3n) is 5.08. The summed E-state index contributed by atoms with van der Waals surface area (Å²) in [6.07, 6.45) is 1.60. The minimum Gasteiger partial charge on any atom is -0.462 e. The molecule has 4 atom stereocenters. The molecule has 0 aromatic carbocycles. The predicted molar refractivity (Wildman–Crippen MR) is 130 cm³/mol. The van der Waals surface area contributed by atoms with Gasteiger partial charge in [-0.2, -0.15) is 9.97 Å². The van der Waals surface area contributed by atoms with Crippen molar-refractivity contribution in [1.29, 1.82) is 0 Å². The summed E-state index contributed by atoms with van der Waals surface area (Å²) in [5.74, 6) is 0.0480. The van der Waals surface area contributed by atoms with Gasteiger partial charge in [-0.1, -0.05) is 0 Å². The molecule has 2 saturated heterocycles. The summed E-state index contributed by atoms with van der Waals surface area (Å²) in [7, 11) is 0. The lowest BCUT2D eigenvalue weighted by molar-refractivity contribution is -0.153. The van der Waals surface area contributed by atoms with Crippen LogP contribution in [0.4, 0.5) is 11.6 Å². The van der Waals surface area contributed by atoms with Crippen LogP contribution in [0.1, 0.15) is 25.3 Å². The second kappa shape index (κ2) is 11.8. The molecule has 0 saturated carbocycles. The van der Waals surface area contributed by atoms with Gasteiger partial charge in [-0.15, -0.1) is 23.5 Å². The number of nitrogens with zero attached hydrogens (tertiary/aromatic N) is 4. The van der Waals surface area contributed by atoms with Gasteiger partial charge in [0.25, 0.3) is 0 Å². The average Bonchev–Trinajstić information content (AvgIpc) is 3.50. The molecule has 4 heterocycles. The molecule has 14 nitrogen and oxygen atoms in total. The molecule has 0 amide bonds. The van der Waals surface area contributed by atoms with Gasteiger partial charge in [-0.25, -0.2) is 9.59 Å². The maximum atomic E-state index is 12.0. The van der Waals surface area contributed by atoms with E-state index in [4.69, 9.17) is 30.4 Å². The van der Waals surface area contributed by atoms with Crippen LogP contribution in [-0.2, 0) is 28.5 Å².